The third-order valence-electron chi connectivity index (χ3n) is 1.81. The van der Waals surface area contributed by atoms with E-state index in [4.69, 9.17) is 11.6 Å². The molecule has 0 aliphatic heterocycles. The number of aromatic amines is 1. The van der Waals surface area contributed by atoms with Gasteiger partial charge in [0.05, 0.1) is 14.6 Å². The molecule has 0 saturated heterocycles. The lowest BCUT2D eigenvalue weighted by atomic mass is 10.2. The molecule has 0 spiro atoms. The number of alkyl halides is 1. The largest absolute Gasteiger partial charge is 0.308 e. The Morgan fingerprint density at radius 2 is 2.29 bits per heavy atom. The van der Waals surface area contributed by atoms with Gasteiger partial charge in [0.25, 0.3) is 5.56 Å². The Morgan fingerprint density at radius 1 is 1.64 bits per heavy atom. The first-order valence-electron chi connectivity index (χ1n) is 4.49. The smallest absolute Gasteiger partial charge is 0.264 e. The van der Waals surface area contributed by atoms with Crippen LogP contribution in [-0.2, 0) is 6.42 Å². The standard InChI is InChI=1S/C9H12ClIN2O/c1-3-4-6-7(11)9(14)13-8(12-6)5(2)10/h5H,3-4H2,1-2H3,(H,12,13,14). The molecule has 1 rings (SSSR count). The summed E-state index contributed by atoms with van der Waals surface area (Å²) < 4.78 is 0.672. The molecular weight excluding hydrogens is 314 g/mol. The number of nitrogens with zero attached hydrogens (tertiary/aromatic N) is 1. The van der Waals surface area contributed by atoms with Gasteiger partial charge in [0, 0.05) is 0 Å². The summed E-state index contributed by atoms with van der Waals surface area (Å²) in [5, 5.41) is -0.254. The van der Waals surface area contributed by atoms with Gasteiger partial charge in [-0.05, 0) is 35.9 Å². The summed E-state index contributed by atoms with van der Waals surface area (Å²) in [5.74, 6) is 0.556. The fourth-order valence-corrected chi connectivity index (χ4v) is 1.74. The van der Waals surface area contributed by atoms with E-state index in [0.717, 1.165) is 18.5 Å². The van der Waals surface area contributed by atoms with Gasteiger partial charge in [-0.3, -0.25) is 4.79 Å². The molecule has 1 heterocycles. The van der Waals surface area contributed by atoms with Crippen molar-refractivity contribution >= 4 is 34.2 Å². The van der Waals surface area contributed by atoms with Crippen molar-refractivity contribution in [3.05, 3.63) is 25.4 Å². The lowest BCUT2D eigenvalue weighted by Gasteiger charge is -2.06. The number of aryl methyl sites for hydroxylation is 1. The summed E-state index contributed by atoms with van der Waals surface area (Å²) in [5.41, 5.74) is 0.755. The highest BCUT2D eigenvalue weighted by atomic mass is 127. The molecular formula is C9H12ClIN2O. The molecule has 0 radical (unpaired) electrons. The highest BCUT2D eigenvalue weighted by molar-refractivity contribution is 14.1. The topological polar surface area (TPSA) is 45.8 Å². The molecule has 3 nitrogen and oxygen atoms in total. The molecule has 0 saturated carbocycles. The second-order valence-corrected chi connectivity index (χ2v) is 4.81. The van der Waals surface area contributed by atoms with Gasteiger partial charge in [-0.1, -0.05) is 13.3 Å². The van der Waals surface area contributed by atoms with Crippen LogP contribution in [0.3, 0.4) is 0 Å². The van der Waals surface area contributed by atoms with E-state index >= 15 is 0 Å². The SMILES string of the molecule is CCCc1nc(C(C)Cl)[nH]c(=O)c1I. The van der Waals surface area contributed by atoms with Crippen LogP contribution in [0.4, 0.5) is 0 Å². The van der Waals surface area contributed by atoms with Crippen LogP contribution in [0.5, 0.6) is 0 Å². The van der Waals surface area contributed by atoms with Crippen molar-refractivity contribution in [1.29, 1.82) is 0 Å². The maximum atomic E-state index is 11.5. The Kier molecular flexibility index (Phi) is 4.37. The predicted molar refractivity (Wildman–Crippen MR) is 65.8 cm³/mol. The molecule has 14 heavy (non-hydrogen) atoms. The first kappa shape index (κ1) is 12.0. The number of hydrogen-bond donors (Lipinski definition) is 1. The highest BCUT2D eigenvalue weighted by Gasteiger charge is 2.10. The van der Waals surface area contributed by atoms with E-state index in [9.17, 15) is 4.79 Å². The summed E-state index contributed by atoms with van der Waals surface area (Å²) >= 11 is 7.88. The van der Waals surface area contributed by atoms with Crippen molar-refractivity contribution in [1.82, 2.24) is 9.97 Å². The molecule has 0 bridgehead atoms. The second-order valence-electron chi connectivity index (χ2n) is 3.08. The van der Waals surface area contributed by atoms with Crippen LogP contribution in [0.2, 0.25) is 0 Å². The quantitative estimate of drug-likeness (QED) is 0.685. The Bertz CT molecular complexity index is 376. The van der Waals surface area contributed by atoms with Crippen LogP contribution in [0.25, 0.3) is 0 Å². The number of nitrogens with one attached hydrogen (secondary N) is 1. The average molecular weight is 327 g/mol. The summed E-state index contributed by atoms with van der Waals surface area (Å²) in [7, 11) is 0. The van der Waals surface area contributed by atoms with Crippen molar-refractivity contribution in [2.24, 2.45) is 0 Å². The van der Waals surface area contributed by atoms with Crippen LogP contribution in [-0.4, -0.2) is 9.97 Å². The average Bonchev–Trinajstić information content (AvgIpc) is 2.12. The molecule has 0 aliphatic carbocycles. The lowest BCUT2D eigenvalue weighted by Crippen LogP contribution is -2.18. The van der Waals surface area contributed by atoms with Crippen LogP contribution < -0.4 is 5.56 Å². The summed E-state index contributed by atoms with van der Waals surface area (Å²) in [6, 6.07) is 0. The molecule has 0 aliphatic rings. The molecule has 1 aromatic heterocycles. The van der Waals surface area contributed by atoms with Gasteiger partial charge in [0.15, 0.2) is 0 Å². The van der Waals surface area contributed by atoms with Gasteiger partial charge in [-0.2, -0.15) is 0 Å². The number of H-pyrrole nitrogens is 1. The molecule has 5 heteroatoms. The van der Waals surface area contributed by atoms with Gasteiger partial charge in [-0.15, -0.1) is 11.6 Å². The maximum Gasteiger partial charge on any atom is 0.264 e. The number of aromatic nitrogens is 2. The van der Waals surface area contributed by atoms with E-state index in [0.29, 0.717) is 9.39 Å². The monoisotopic (exact) mass is 326 g/mol. The van der Waals surface area contributed by atoms with E-state index in [-0.39, 0.29) is 10.9 Å². The fraction of sp³-hybridized carbons (Fsp3) is 0.556. The number of halogens is 2. The zero-order chi connectivity index (χ0) is 10.7. The zero-order valence-electron chi connectivity index (χ0n) is 8.10. The summed E-state index contributed by atoms with van der Waals surface area (Å²) in [6.45, 7) is 3.85. The van der Waals surface area contributed by atoms with Crippen molar-refractivity contribution in [3.8, 4) is 0 Å². The highest BCUT2D eigenvalue weighted by Crippen LogP contribution is 2.15. The van der Waals surface area contributed by atoms with Gasteiger partial charge in [0.2, 0.25) is 0 Å². The second kappa shape index (κ2) is 5.11. The zero-order valence-corrected chi connectivity index (χ0v) is 11.0. The minimum absolute atomic E-state index is 0.0912. The van der Waals surface area contributed by atoms with Gasteiger partial charge >= 0.3 is 0 Å². The number of rotatable bonds is 3. The van der Waals surface area contributed by atoms with Crippen LogP contribution in [0, 0.1) is 3.57 Å². The molecule has 0 fully saturated rings. The van der Waals surface area contributed by atoms with Crippen molar-refractivity contribution in [2.45, 2.75) is 32.1 Å². The van der Waals surface area contributed by atoms with Crippen molar-refractivity contribution < 1.29 is 0 Å². The van der Waals surface area contributed by atoms with Gasteiger partial charge in [-0.25, -0.2) is 4.98 Å². The van der Waals surface area contributed by atoms with Crippen LogP contribution in [0.15, 0.2) is 4.79 Å². The normalized spacial score (nSPS) is 12.9. The van der Waals surface area contributed by atoms with Crippen molar-refractivity contribution in [3.63, 3.8) is 0 Å². The molecule has 78 valence electrons. The lowest BCUT2D eigenvalue weighted by molar-refractivity contribution is 0.804. The molecule has 1 N–H and O–H groups in total. The van der Waals surface area contributed by atoms with Crippen LogP contribution in [0.1, 0.15) is 37.2 Å². The molecule has 1 unspecified atom stereocenters. The van der Waals surface area contributed by atoms with Gasteiger partial charge < -0.3 is 4.98 Å². The molecule has 1 atom stereocenters. The summed E-state index contributed by atoms with van der Waals surface area (Å²) in [6.07, 6.45) is 1.79. The molecule has 1 aromatic rings. The summed E-state index contributed by atoms with van der Waals surface area (Å²) in [4.78, 5) is 18.5. The fourth-order valence-electron chi connectivity index (χ4n) is 1.12. The first-order valence-corrected chi connectivity index (χ1v) is 6.00. The van der Waals surface area contributed by atoms with Crippen molar-refractivity contribution in [2.75, 3.05) is 0 Å². The Labute approximate surface area is 101 Å². The van der Waals surface area contributed by atoms with Crippen LogP contribution >= 0.6 is 34.2 Å². The van der Waals surface area contributed by atoms with E-state index in [1.54, 1.807) is 6.92 Å². The third-order valence-corrected chi connectivity index (χ3v) is 3.13. The molecule has 0 amide bonds. The first-order chi connectivity index (χ1) is 6.56. The third kappa shape index (κ3) is 2.70. The minimum Gasteiger partial charge on any atom is -0.308 e. The Balaban J connectivity index is 3.21. The molecule has 0 aromatic carbocycles. The maximum absolute atomic E-state index is 11.5. The van der Waals surface area contributed by atoms with E-state index in [1.807, 2.05) is 22.6 Å². The predicted octanol–water partition coefficient (Wildman–Crippen LogP) is 2.63. The van der Waals surface area contributed by atoms with E-state index in [1.165, 1.54) is 0 Å². The number of hydrogen-bond acceptors (Lipinski definition) is 2. The Morgan fingerprint density at radius 3 is 2.79 bits per heavy atom. The minimum atomic E-state index is -0.254. The van der Waals surface area contributed by atoms with E-state index in [2.05, 4.69) is 16.9 Å². The Hall–Kier alpha value is -0.100. The van der Waals surface area contributed by atoms with E-state index < -0.39 is 0 Å². The van der Waals surface area contributed by atoms with Gasteiger partial charge in [0.1, 0.15) is 5.82 Å².